The lowest BCUT2D eigenvalue weighted by molar-refractivity contribution is 0.505. The van der Waals surface area contributed by atoms with E-state index in [9.17, 15) is 0 Å². The zero-order valence-corrected chi connectivity index (χ0v) is 12.5. The summed E-state index contributed by atoms with van der Waals surface area (Å²) in [5, 5.41) is 0. The first kappa shape index (κ1) is 14.3. The Bertz CT molecular complexity index is 485. The van der Waals surface area contributed by atoms with Gasteiger partial charge < -0.3 is 0 Å². The van der Waals surface area contributed by atoms with Crippen molar-refractivity contribution < 1.29 is 0 Å². The highest BCUT2D eigenvalue weighted by Crippen LogP contribution is 2.28. The first-order chi connectivity index (χ1) is 9.20. The van der Waals surface area contributed by atoms with Crippen molar-refractivity contribution in [2.24, 2.45) is 5.84 Å². The van der Waals surface area contributed by atoms with Gasteiger partial charge in [-0.1, -0.05) is 30.3 Å². The van der Waals surface area contributed by atoms with E-state index in [4.69, 9.17) is 5.84 Å². The summed E-state index contributed by atoms with van der Waals surface area (Å²) < 4.78 is 0. The van der Waals surface area contributed by atoms with E-state index < -0.39 is 0 Å². The Labute approximate surface area is 119 Å². The van der Waals surface area contributed by atoms with Crippen molar-refractivity contribution in [1.82, 2.24) is 5.43 Å². The topological polar surface area (TPSA) is 38.0 Å². The molecule has 19 heavy (non-hydrogen) atoms. The second kappa shape index (κ2) is 6.85. The summed E-state index contributed by atoms with van der Waals surface area (Å²) in [6.07, 6.45) is 3.34. The van der Waals surface area contributed by atoms with Crippen molar-refractivity contribution in [2.45, 2.75) is 39.2 Å². The molecule has 0 bridgehead atoms. The molecule has 0 aliphatic heterocycles. The largest absolute Gasteiger partial charge is 0.271 e. The van der Waals surface area contributed by atoms with E-state index >= 15 is 0 Å². The average Bonchev–Trinajstić information content (AvgIpc) is 2.76. The lowest BCUT2D eigenvalue weighted by Crippen LogP contribution is -2.27. The quantitative estimate of drug-likeness (QED) is 0.619. The van der Waals surface area contributed by atoms with E-state index in [1.165, 1.54) is 20.9 Å². The molecular weight excluding hydrogens is 252 g/mol. The molecule has 1 heterocycles. The Morgan fingerprint density at radius 3 is 2.53 bits per heavy atom. The number of benzene rings is 1. The van der Waals surface area contributed by atoms with Gasteiger partial charge in [0.05, 0.1) is 6.04 Å². The maximum absolute atomic E-state index is 5.70. The molecule has 1 aromatic carbocycles. The molecule has 0 amide bonds. The van der Waals surface area contributed by atoms with Gasteiger partial charge in [-0.25, -0.2) is 0 Å². The normalized spacial score (nSPS) is 12.6. The van der Waals surface area contributed by atoms with E-state index in [0.29, 0.717) is 0 Å². The van der Waals surface area contributed by atoms with Crippen molar-refractivity contribution in [3.05, 3.63) is 57.3 Å². The second-order valence-electron chi connectivity index (χ2n) is 4.99. The number of rotatable bonds is 6. The van der Waals surface area contributed by atoms with E-state index in [1.807, 2.05) is 11.3 Å². The van der Waals surface area contributed by atoms with Gasteiger partial charge in [-0.05, 0) is 50.3 Å². The average molecular weight is 274 g/mol. The van der Waals surface area contributed by atoms with Crippen LogP contribution >= 0.6 is 11.3 Å². The number of hydrazine groups is 1. The highest BCUT2D eigenvalue weighted by atomic mass is 32.1. The van der Waals surface area contributed by atoms with E-state index in [-0.39, 0.29) is 6.04 Å². The van der Waals surface area contributed by atoms with Crippen LogP contribution in [0, 0.1) is 13.8 Å². The van der Waals surface area contributed by atoms with Crippen molar-refractivity contribution >= 4 is 11.3 Å². The molecule has 1 unspecified atom stereocenters. The van der Waals surface area contributed by atoms with Crippen LogP contribution in [0.1, 0.15) is 39.8 Å². The van der Waals surface area contributed by atoms with Crippen molar-refractivity contribution in [1.29, 1.82) is 0 Å². The summed E-state index contributed by atoms with van der Waals surface area (Å²) in [5.74, 6) is 5.70. The lowest BCUT2D eigenvalue weighted by Gasteiger charge is -2.14. The highest BCUT2D eigenvalue weighted by molar-refractivity contribution is 7.12. The Morgan fingerprint density at radius 2 is 1.95 bits per heavy atom. The van der Waals surface area contributed by atoms with Gasteiger partial charge in [0.1, 0.15) is 0 Å². The fourth-order valence-corrected chi connectivity index (χ4v) is 3.37. The van der Waals surface area contributed by atoms with Crippen LogP contribution in [0.3, 0.4) is 0 Å². The molecule has 3 heteroatoms. The van der Waals surface area contributed by atoms with Gasteiger partial charge in [0.25, 0.3) is 0 Å². The van der Waals surface area contributed by atoms with Gasteiger partial charge in [-0.3, -0.25) is 11.3 Å². The van der Waals surface area contributed by atoms with Crippen molar-refractivity contribution in [2.75, 3.05) is 0 Å². The third-order valence-corrected chi connectivity index (χ3v) is 4.80. The molecule has 2 nitrogen and oxygen atoms in total. The Hall–Kier alpha value is -1.16. The summed E-state index contributed by atoms with van der Waals surface area (Å²) >= 11 is 1.85. The number of nitrogens with two attached hydrogens (primary N) is 1. The number of thiophene rings is 1. The smallest absolute Gasteiger partial charge is 0.0553 e. The Balaban J connectivity index is 1.89. The summed E-state index contributed by atoms with van der Waals surface area (Å²) in [6, 6.07) is 13.2. The molecule has 3 N–H and O–H groups in total. The van der Waals surface area contributed by atoms with Crippen LogP contribution in [-0.2, 0) is 6.42 Å². The zero-order chi connectivity index (χ0) is 13.7. The molecule has 0 spiro atoms. The van der Waals surface area contributed by atoms with Gasteiger partial charge in [-0.2, -0.15) is 0 Å². The second-order valence-corrected chi connectivity index (χ2v) is 6.27. The van der Waals surface area contributed by atoms with Gasteiger partial charge >= 0.3 is 0 Å². The summed E-state index contributed by atoms with van der Waals surface area (Å²) in [7, 11) is 0. The van der Waals surface area contributed by atoms with Crippen molar-refractivity contribution in [3.8, 4) is 0 Å². The Kier molecular flexibility index (Phi) is 5.14. The molecule has 2 aromatic rings. The molecule has 0 aliphatic carbocycles. The molecule has 1 aromatic heterocycles. The van der Waals surface area contributed by atoms with E-state index in [1.54, 1.807) is 0 Å². The van der Waals surface area contributed by atoms with Crippen molar-refractivity contribution in [3.63, 3.8) is 0 Å². The third kappa shape index (κ3) is 3.90. The maximum Gasteiger partial charge on any atom is 0.0553 e. The first-order valence-electron chi connectivity index (χ1n) is 6.77. The monoisotopic (exact) mass is 274 g/mol. The molecular formula is C16H22N2S. The van der Waals surface area contributed by atoms with Crippen LogP contribution in [0.25, 0.3) is 0 Å². The van der Waals surface area contributed by atoms with Gasteiger partial charge in [0.2, 0.25) is 0 Å². The number of aryl methyl sites for hydroxylation is 3. The number of hydrogen-bond acceptors (Lipinski definition) is 3. The predicted molar refractivity (Wildman–Crippen MR) is 83.2 cm³/mol. The minimum absolute atomic E-state index is 0.279. The Morgan fingerprint density at radius 1 is 1.21 bits per heavy atom. The van der Waals surface area contributed by atoms with E-state index in [2.05, 4.69) is 55.7 Å². The SMILES string of the molecule is Cc1cc(C(CCCc2ccccc2)NN)sc1C. The van der Waals surface area contributed by atoms with Gasteiger partial charge in [0.15, 0.2) is 0 Å². The fourth-order valence-electron chi connectivity index (χ4n) is 2.24. The first-order valence-corrected chi connectivity index (χ1v) is 7.59. The van der Waals surface area contributed by atoms with Crippen LogP contribution < -0.4 is 11.3 Å². The molecule has 0 aliphatic rings. The molecule has 0 fully saturated rings. The van der Waals surface area contributed by atoms with Crippen LogP contribution in [0.2, 0.25) is 0 Å². The standard InChI is InChI=1S/C16H22N2S/c1-12-11-16(19-13(12)2)15(18-17)10-6-9-14-7-4-3-5-8-14/h3-5,7-8,11,15,18H,6,9-10,17H2,1-2H3. The van der Waals surface area contributed by atoms with Crippen LogP contribution in [0.5, 0.6) is 0 Å². The molecule has 102 valence electrons. The predicted octanol–water partition coefficient (Wildman–Crippen LogP) is 3.89. The maximum atomic E-state index is 5.70. The van der Waals surface area contributed by atoms with Gasteiger partial charge in [0, 0.05) is 9.75 Å². The molecule has 1 atom stereocenters. The fraction of sp³-hybridized carbons (Fsp3) is 0.375. The van der Waals surface area contributed by atoms with Crippen LogP contribution in [-0.4, -0.2) is 0 Å². The molecule has 0 radical (unpaired) electrons. The lowest BCUT2D eigenvalue weighted by atomic mass is 10.0. The van der Waals surface area contributed by atoms with Gasteiger partial charge in [-0.15, -0.1) is 11.3 Å². The summed E-state index contributed by atoms with van der Waals surface area (Å²) in [5.41, 5.74) is 5.72. The highest BCUT2D eigenvalue weighted by Gasteiger charge is 2.13. The zero-order valence-electron chi connectivity index (χ0n) is 11.6. The summed E-state index contributed by atoms with van der Waals surface area (Å²) in [6.45, 7) is 4.33. The number of hydrogen-bond donors (Lipinski definition) is 2. The minimum atomic E-state index is 0.279. The summed E-state index contributed by atoms with van der Waals surface area (Å²) in [4.78, 5) is 2.74. The molecule has 0 saturated heterocycles. The van der Waals surface area contributed by atoms with E-state index in [0.717, 1.165) is 19.3 Å². The third-order valence-electron chi connectivity index (χ3n) is 3.53. The number of nitrogens with one attached hydrogen (secondary N) is 1. The van der Waals surface area contributed by atoms with Crippen LogP contribution in [0.15, 0.2) is 36.4 Å². The van der Waals surface area contributed by atoms with Crippen LogP contribution in [0.4, 0.5) is 0 Å². The molecule has 0 saturated carbocycles. The minimum Gasteiger partial charge on any atom is -0.271 e. The molecule has 2 rings (SSSR count).